The van der Waals surface area contributed by atoms with Gasteiger partial charge in [0.25, 0.3) is 0 Å². The predicted octanol–water partition coefficient (Wildman–Crippen LogP) is 5.18. The summed E-state index contributed by atoms with van der Waals surface area (Å²) in [5, 5.41) is 0. The van der Waals surface area contributed by atoms with E-state index in [1.54, 1.807) is 5.56 Å². The first-order valence-electron chi connectivity index (χ1n) is 7.90. The highest BCUT2D eigenvalue weighted by Gasteiger charge is 2.24. The molecule has 1 nitrogen and oxygen atoms in total. The van der Waals surface area contributed by atoms with Crippen LogP contribution in [0.2, 0.25) is 0 Å². The van der Waals surface area contributed by atoms with Crippen LogP contribution in [0.1, 0.15) is 87.3 Å². The van der Waals surface area contributed by atoms with Gasteiger partial charge < -0.3 is 0 Å². The van der Waals surface area contributed by atoms with Crippen LogP contribution in [-0.2, 0) is 0 Å². The molecule has 3 rings (SSSR count). The van der Waals surface area contributed by atoms with Gasteiger partial charge in [-0.15, -0.1) is 0 Å². The third kappa shape index (κ3) is 2.60. The van der Waals surface area contributed by atoms with Gasteiger partial charge in [0.15, 0.2) is 0 Å². The van der Waals surface area contributed by atoms with Crippen molar-refractivity contribution in [1.29, 1.82) is 0 Å². The van der Waals surface area contributed by atoms with E-state index in [9.17, 15) is 0 Å². The van der Waals surface area contributed by atoms with Crippen LogP contribution >= 0.6 is 0 Å². The van der Waals surface area contributed by atoms with E-state index in [1.165, 1.54) is 69.9 Å². The Hall–Kier alpha value is -0.850. The van der Waals surface area contributed by atoms with Crippen molar-refractivity contribution in [3.63, 3.8) is 0 Å². The van der Waals surface area contributed by atoms with E-state index >= 15 is 0 Å². The molecular formula is C17H25N. The number of hydrogen-bond donors (Lipinski definition) is 0. The average molecular weight is 243 g/mol. The van der Waals surface area contributed by atoms with Crippen LogP contribution in [-0.4, -0.2) is 4.98 Å². The van der Waals surface area contributed by atoms with Crippen molar-refractivity contribution in [3.8, 4) is 0 Å². The van der Waals surface area contributed by atoms with Crippen molar-refractivity contribution >= 4 is 0 Å². The molecule has 18 heavy (non-hydrogen) atoms. The van der Waals surface area contributed by atoms with E-state index in [0.717, 1.165) is 11.8 Å². The zero-order valence-electron chi connectivity index (χ0n) is 11.4. The zero-order chi connectivity index (χ0) is 12.2. The SMILES string of the molecule is c1cnc(C2CCCCC2)c(C2CCCCC2)c1. The summed E-state index contributed by atoms with van der Waals surface area (Å²) < 4.78 is 0. The Labute approximate surface area is 111 Å². The van der Waals surface area contributed by atoms with Gasteiger partial charge in [0.05, 0.1) is 0 Å². The van der Waals surface area contributed by atoms with Gasteiger partial charge in [0.1, 0.15) is 0 Å². The van der Waals surface area contributed by atoms with Gasteiger partial charge in [-0.1, -0.05) is 44.6 Å². The maximum Gasteiger partial charge on any atom is 0.0469 e. The third-order valence-electron chi connectivity index (χ3n) is 4.91. The summed E-state index contributed by atoms with van der Waals surface area (Å²) in [6.07, 6.45) is 16.1. The van der Waals surface area contributed by atoms with Crippen LogP contribution in [0.5, 0.6) is 0 Å². The van der Waals surface area contributed by atoms with Gasteiger partial charge in [-0.2, -0.15) is 0 Å². The van der Waals surface area contributed by atoms with Crippen LogP contribution < -0.4 is 0 Å². The second-order valence-electron chi connectivity index (χ2n) is 6.15. The molecule has 2 saturated carbocycles. The Bertz CT molecular complexity index is 336. The van der Waals surface area contributed by atoms with Crippen molar-refractivity contribution < 1.29 is 0 Å². The number of hydrogen-bond acceptors (Lipinski definition) is 1. The molecule has 0 spiro atoms. The van der Waals surface area contributed by atoms with Gasteiger partial charge in [0, 0.05) is 17.8 Å². The van der Waals surface area contributed by atoms with E-state index in [0.29, 0.717) is 0 Å². The van der Waals surface area contributed by atoms with Crippen LogP contribution in [0.4, 0.5) is 0 Å². The van der Waals surface area contributed by atoms with Crippen molar-refractivity contribution in [2.75, 3.05) is 0 Å². The molecule has 0 amide bonds. The largest absolute Gasteiger partial charge is 0.261 e. The highest BCUT2D eigenvalue weighted by molar-refractivity contribution is 5.28. The summed E-state index contributed by atoms with van der Waals surface area (Å²) in [6.45, 7) is 0. The highest BCUT2D eigenvalue weighted by Crippen LogP contribution is 2.39. The minimum Gasteiger partial charge on any atom is -0.261 e. The van der Waals surface area contributed by atoms with Crippen LogP contribution in [0.25, 0.3) is 0 Å². The quantitative estimate of drug-likeness (QED) is 0.697. The summed E-state index contributed by atoms with van der Waals surface area (Å²) in [6, 6.07) is 4.52. The van der Waals surface area contributed by atoms with Crippen molar-refractivity contribution in [2.24, 2.45) is 0 Å². The van der Waals surface area contributed by atoms with Gasteiger partial charge in [-0.3, -0.25) is 4.98 Å². The molecule has 1 heteroatoms. The van der Waals surface area contributed by atoms with E-state index in [-0.39, 0.29) is 0 Å². The molecule has 0 aliphatic heterocycles. The second-order valence-corrected chi connectivity index (χ2v) is 6.15. The summed E-state index contributed by atoms with van der Waals surface area (Å²) in [7, 11) is 0. The zero-order valence-corrected chi connectivity index (χ0v) is 11.4. The fourth-order valence-corrected chi connectivity index (χ4v) is 3.91. The molecule has 2 aliphatic carbocycles. The minimum absolute atomic E-state index is 0.761. The molecular weight excluding hydrogens is 218 g/mol. The first-order valence-corrected chi connectivity index (χ1v) is 7.90. The third-order valence-corrected chi connectivity index (χ3v) is 4.91. The molecule has 2 aliphatic rings. The Morgan fingerprint density at radius 2 is 1.39 bits per heavy atom. The fourth-order valence-electron chi connectivity index (χ4n) is 3.91. The Morgan fingerprint density at radius 3 is 2.06 bits per heavy atom. The van der Waals surface area contributed by atoms with Crippen molar-refractivity contribution in [2.45, 2.75) is 76.0 Å². The molecule has 1 heterocycles. The molecule has 98 valence electrons. The molecule has 2 fully saturated rings. The van der Waals surface area contributed by atoms with Crippen molar-refractivity contribution in [3.05, 3.63) is 29.6 Å². The van der Waals surface area contributed by atoms with Crippen LogP contribution in [0, 0.1) is 0 Å². The number of pyridine rings is 1. The highest BCUT2D eigenvalue weighted by atomic mass is 14.7. The number of nitrogens with zero attached hydrogens (tertiary/aromatic N) is 1. The van der Waals surface area contributed by atoms with E-state index < -0.39 is 0 Å². The smallest absolute Gasteiger partial charge is 0.0469 e. The molecule has 0 saturated heterocycles. The molecule has 0 aromatic carbocycles. The normalized spacial score (nSPS) is 23.1. The van der Waals surface area contributed by atoms with E-state index in [2.05, 4.69) is 12.1 Å². The average Bonchev–Trinajstić information content (AvgIpc) is 2.49. The second kappa shape index (κ2) is 5.86. The van der Waals surface area contributed by atoms with Crippen LogP contribution in [0.15, 0.2) is 18.3 Å². The molecule has 1 aromatic heterocycles. The summed E-state index contributed by atoms with van der Waals surface area (Å²) in [5.74, 6) is 1.57. The standard InChI is InChI=1S/C17H25N/c1-3-8-14(9-4-1)16-12-7-13-18-17(16)15-10-5-2-6-11-15/h7,12-15H,1-6,8-11H2. The minimum atomic E-state index is 0.761. The lowest BCUT2D eigenvalue weighted by Crippen LogP contribution is -2.13. The Kier molecular flexibility index (Phi) is 3.97. The number of aromatic nitrogens is 1. The first kappa shape index (κ1) is 12.2. The van der Waals surface area contributed by atoms with Crippen molar-refractivity contribution in [1.82, 2.24) is 4.98 Å². The van der Waals surface area contributed by atoms with Gasteiger partial charge in [-0.05, 0) is 43.2 Å². The maximum absolute atomic E-state index is 4.78. The molecule has 0 atom stereocenters. The molecule has 0 unspecified atom stereocenters. The number of rotatable bonds is 2. The van der Waals surface area contributed by atoms with Gasteiger partial charge in [-0.25, -0.2) is 0 Å². The summed E-state index contributed by atoms with van der Waals surface area (Å²) in [4.78, 5) is 4.78. The molecule has 0 radical (unpaired) electrons. The van der Waals surface area contributed by atoms with Gasteiger partial charge >= 0.3 is 0 Å². The predicted molar refractivity (Wildman–Crippen MR) is 75.9 cm³/mol. The summed E-state index contributed by atoms with van der Waals surface area (Å²) in [5.41, 5.74) is 3.06. The Balaban J connectivity index is 1.83. The lowest BCUT2D eigenvalue weighted by Gasteiger charge is -2.28. The van der Waals surface area contributed by atoms with E-state index in [1.807, 2.05) is 6.20 Å². The van der Waals surface area contributed by atoms with Crippen LogP contribution in [0.3, 0.4) is 0 Å². The fraction of sp³-hybridized carbons (Fsp3) is 0.706. The molecule has 0 N–H and O–H groups in total. The summed E-state index contributed by atoms with van der Waals surface area (Å²) >= 11 is 0. The monoisotopic (exact) mass is 243 g/mol. The lowest BCUT2D eigenvalue weighted by atomic mass is 9.78. The lowest BCUT2D eigenvalue weighted by molar-refractivity contribution is 0.412. The molecule has 1 aromatic rings. The Morgan fingerprint density at radius 1 is 0.778 bits per heavy atom. The topological polar surface area (TPSA) is 12.9 Å². The van der Waals surface area contributed by atoms with Gasteiger partial charge in [0.2, 0.25) is 0 Å². The molecule has 0 bridgehead atoms. The first-order chi connectivity index (χ1) is 8.95. The van der Waals surface area contributed by atoms with E-state index in [4.69, 9.17) is 4.98 Å². The maximum atomic E-state index is 4.78.